The molecule has 2 nitrogen and oxygen atoms in total. The van der Waals surface area contributed by atoms with Crippen molar-refractivity contribution in [1.29, 1.82) is 0 Å². The molecule has 3 heterocycles. The molecule has 0 amide bonds. The zero-order valence-electron chi connectivity index (χ0n) is 11.0. The molecule has 0 aliphatic rings. The summed E-state index contributed by atoms with van der Waals surface area (Å²) in [6, 6.07) is 10.6. The number of rotatable bonds is 2. The highest BCUT2D eigenvalue weighted by atomic mass is 32.1. The standard InChI is InChI=1S/C17H13NOS/c1-18-8-14(13-4-2-3-5-17(13)18)16-10-19-9-15(16)12-6-7-20-11-12/h2-11H,1H3. The van der Waals surface area contributed by atoms with Gasteiger partial charge in [0.25, 0.3) is 0 Å². The van der Waals surface area contributed by atoms with Gasteiger partial charge in [-0.25, -0.2) is 0 Å². The SMILES string of the molecule is Cn1cc(-c2cocc2-c2ccsc2)c2ccccc21. The minimum absolute atomic E-state index is 1.15. The molecule has 0 bridgehead atoms. The molecule has 0 saturated heterocycles. The van der Waals surface area contributed by atoms with Gasteiger partial charge in [-0.15, -0.1) is 0 Å². The van der Waals surface area contributed by atoms with E-state index in [9.17, 15) is 0 Å². The Morgan fingerprint density at radius 1 is 1.00 bits per heavy atom. The number of benzene rings is 1. The summed E-state index contributed by atoms with van der Waals surface area (Å²) in [5, 5.41) is 5.50. The Labute approximate surface area is 120 Å². The zero-order chi connectivity index (χ0) is 13.5. The molecule has 0 radical (unpaired) electrons. The quantitative estimate of drug-likeness (QED) is 0.495. The van der Waals surface area contributed by atoms with Crippen molar-refractivity contribution < 1.29 is 4.42 Å². The van der Waals surface area contributed by atoms with E-state index >= 15 is 0 Å². The molecule has 1 aromatic carbocycles. The molecule has 4 aromatic rings. The van der Waals surface area contributed by atoms with E-state index in [1.54, 1.807) is 11.3 Å². The van der Waals surface area contributed by atoms with Crippen molar-refractivity contribution in [2.75, 3.05) is 0 Å². The third-order valence-corrected chi connectivity index (χ3v) is 4.36. The molecule has 0 aliphatic heterocycles. The summed E-state index contributed by atoms with van der Waals surface area (Å²) in [7, 11) is 2.08. The van der Waals surface area contributed by atoms with Gasteiger partial charge in [-0.2, -0.15) is 11.3 Å². The van der Waals surface area contributed by atoms with Crippen molar-refractivity contribution >= 4 is 22.2 Å². The first-order valence-electron chi connectivity index (χ1n) is 6.48. The van der Waals surface area contributed by atoms with Crippen molar-refractivity contribution in [3.05, 3.63) is 59.8 Å². The number of para-hydroxylation sites is 1. The first kappa shape index (κ1) is 11.6. The van der Waals surface area contributed by atoms with Gasteiger partial charge >= 0.3 is 0 Å². The third kappa shape index (κ3) is 1.63. The van der Waals surface area contributed by atoms with E-state index in [2.05, 4.69) is 58.9 Å². The fraction of sp³-hybridized carbons (Fsp3) is 0.0588. The maximum absolute atomic E-state index is 5.48. The molecule has 20 heavy (non-hydrogen) atoms. The molecule has 3 heteroatoms. The average molecular weight is 279 g/mol. The Morgan fingerprint density at radius 2 is 1.85 bits per heavy atom. The van der Waals surface area contributed by atoms with Crippen LogP contribution in [0.25, 0.3) is 33.2 Å². The highest BCUT2D eigenvalue weighted by Crippen LogP contribution is 2.38. The Balaban J connectivity index is 1.99. The lowest BCUT2D eigenvalue weighted by molar-refractivity contribution is 0.569. The monoisotopic (exact) mass is 279 g/mol. The lowest BCUT2D eigenvalue weighted by Gasteiger charge is -1.99. The number of aryl methyl sites for hydroxylation is 1. The van der Waals surface area contributed by atoms with Gasteiger partial charge in [0.15, 0.2) is 0 Å². The summed E-state index contributed by atoms with van der Waals surface area (Å²) < 4.78 is 7.64. The van der Waals surface area contributed by atoms with E-state index in [-0.39, 0.29) is 0 Å². The van der Waals surface area contributed by atoms with Crippen LogP contribution in [0.5, 0.6) is 0 Å². The molecule has 98 valence electrons. The predicted molar refractivity (Wildman–Crippen MR) is 83.9 cm³/mol. The molecule has 0 aliphatic carbocycles. The van der Waals surface area contributed by atoms with Crippen LogP contribution in [-0.2, 0) is 7.05 Å². The van der Waals surface area contributed by atoms with Crippen molar-refractivity contribution in [2.24, 2.45) is 7.05 Å². The smallest absolute Gasteiger partial charge is 0.0988 e. The predicted octanol–water partition coefficient (Wildman–Crippen LogP) is 5.17. The van der Waals surface area contributed by atoms with Crippen LogP contribution in [0.4, 0.5) is 0 Å². The van der Waals surface area contributed by atoms with E-state index in [1.165, 1.54) is 22.0 Å². The normalized spacial score (nSPS) is 11.2. The van der Waals surface area contributed by atoms with Gasteiger partial charge in [-0.05, 0) is 28.5 Å². The number of thiophene rings is 1. The van der Waals surface area contributed by atoms with Crippen LogP contribution < -0.4 is 0 Å². The molecule has 0 saturated carbocycles. The van der Waals surface area contributed by atoms with Gasteiger partial charge in [-0.3, -0.25) is 0 Å². The molecule has 4 rings (SSSR count). The minimum atomic E-state index is 1.15. The van der Waals surface area contributed by atoms with Gasteiger partial charge in [0.05, 0.1) is 12.5 Å². The Hall–Kier alpha value is -2.26. The Morgan fingerprint density at radius 3 is 2.70 bits per heavy atom. The van der Waals surface area contributed by atoms with Crippen LogP contribution in [0.3, 0.4) is 0 Å². The van der Waals surface area contributed by atoms with Gasteiger partial charge in [0.2, 0.25) is 0 Å². The van der Waals surface area contributed by atoms with E-state index in [0.717, 1.165) is 11.1 Å². The molecule has 3 aromatic heterocycles. The second-order valence-corrected chi connectivity index (χ2v) is 5.66. The average Bonchev–Trinajstić information content (AvgIpc) is 3.17. The largest absolute Gasteiger partial charge is 0.471 e. The van der Waals surface area contributed by atoms with Gasteiger partial charge in [-0.1, -0.05) is 18.2 Å². The summed E-state index contributed by atoms with van der Waals surface area (Å²) in [6.07, 6.45) is 5.85. The Bertz CT molecular complexity index is 868. The van der Waals surface area contributed by atoms with Gasteiger partial charge < -0.3 is 8.98 Å². The number of hydrogen-bond donors (Lipinski definition) is 0. The summed E-state index contributed by atoms with van der Waals surface area (Å²) >= 11 is 1.70. The van der Waals surface area contributed by atoms with Crippen LogP contribution in [0, 0.1) is 0 Å². The highest BCUT2D eigenvalue weighted by molar-refractivity contribution is 7.08. The van der Waals surface area contributed by atoms with Crippen LogP contribution in [0.1, 0.15) is 0 Å². The van der Waals surface area contributed by atoms with E-state index in [0.29, 0.717) is 0 Å². The fourth-order valence-corrected chi connectivity index (χ4v) is 3.36. The van der Waals surface area contributed by atoms with Crippen molar-refractivity contribution in [1.82, 2.24) is 4.57 Å². The molecule has 0 unspecified atom stereocenters. The lowest BCUT2D eigenvalue weighted by Crippen LogP contribution is -1.81. The zero-order valence-corrected chi connectivity index (χ0v) is 11.9. The van der Waals surface area contributed by atoms with Crippen LogP contribution in [0.15, 0.2) is 64.2 Å². The van der Waals surface area contributed by atoms with Crippen molar-refractivity contribution in [3.63, 3.8) is 0 Å². The number of fused-ring (bicyclic) bond motifs is 1. The van der Waals surface area contributed by atoms with Crippen LogP contribution >= 0.6 is 11.3 Å². The Kier molecular flexibility index (Phi) is 2.54. The highest BCUT2D eigenvalue weighted by Gasteiger charge is 2.15. The van der Waals surface area contributed by atoms with Gasteiger partial charge in [0.1, 0.15) is 0 Å². The molecular weight excluding hydrogens is 266 g/mol. The number of furan rings is 1. The van der Waals surface area contributed by atoms with E-state index in [1.807, 2.05) is 12.5 Å². The first-order valence-corrected chi connectivity index (χ1v) is 7.42. The minimum Gasteiger partial charge on any atom is -0.471 e. The fourth-order valence-electron chi connectivity index (χ4n) is 2.70. The molecule has 0 fully saturated rings. The van der Waals surface area contributed by atoms with Crippen LogP contribution in [0.2, 0.25) is 0 Å². The third-order valence-electron chi connectivity index (χ3n) is 3.68. The maximum Gasteiger partial charge on any atom is 0.0988 e. The number of aromatic nitrogens is 1. The maximum atomic E-state index is 5.48. The lowest BCUT2D eigenvalue weighted by atomic mass is 10.0. The van der Waals surface area contributed by atoms with Crippen LogP contribution in [-0.4, -0.2) is 4.57 Å². The summed E-state index contributed by atoms with van der Waals surface area (Å²) in [6.45, 7) is 0. The van der Waals surface area contributed by atoms with Gasteiger partial charge in [0, 0.05) is 40.8 Å². The summed E-state index contributed by atoms with van der Waals surface area (Å²) in [4.78, 5) is 0. The second-order valence-electron chi connectivity index (χ2n) is 4.88. The van der Waals surface area contributed by atoms with Crippen molar-refractivity contribution in [2.45, 2.75) is 0 Å². The molecule has 0 N–H and O–H groups in total. The first-order chi connectivity index (χ1) is 9.84. The summed E-state index contributed by atoms with van der Waals surface area (Å²) in [5.41, 5.74) is 5.98. The summed E-state index contributed by atoms with van der Waals surface area (Å²) in [5.74, 6) is 0. The molecule has 0 atom stereocenters. The topological polar surface area (TPSA) is 18.1 Å². The molecule has 0 spiro atoms. The molecular formula is C17H13NOS. The van der Waals surface area contributed by atoms with Crippen molar-refractivity contribution in [3.8, 4) is 22.3 Å². The number of nitrogens with zero attached hydrogens (tertiary/aromatic N) is 1. The second kappa shape index (κ2) is 4.39. The number of hydrogen-bond acceptors (Lipinski definition) is 2. The van der Waals surface area contributed by atoms with E-state index < -0.39 is 0 Å². The van der Waals surface area contributed by atoms with E-state index in [4.69, 9.17) is 4.42 Å².